The van der Waals surface area contributed by atoms with Crippen LogP contribution in [0.5, 0.6) is 5.75 Å². The van der Waals surface area contributed by atoms with E-state index in [0.717, 1.165) is 31.4 Å². The van der Waals surface area contributed by atoms with Gasteiger partial charge in [0, 0.05) is 23.2 Å². The molecule has 4 N–H and O–H groups in total. The maximum atomic E-state index is 12.5. The number of H-pyrrole nitrogens is 1. The predicted molar refractivity (Wildman–Crippen MR) is 109 cm³/mol. The minimum Gasteiger partial charge on any atom is -0.496 e. The number of anilines is 1. The molecule has 3 aromatic rings. The van der Waals surface area contributed by atoms with Gasteiger partial charge in [0.1, 0.15) is 11.3 Å². The third kappa shape index (κ3) is 3.83. The first-order valence-corrected chi connectivity index (χ1v) is 9.68. The van der Waals surface area contributed by atoms with Gasteiger partial charge in [0.2, 0.25) is 5.95 Å². The van der Waals surface area contributed by atoms with Crippen molar-refractivity contribution in [1.82, 2.24) is 19.5 Å². The number of halogens is 1. The number of methoxy groups -OCH3 is 1. The number of nitrogens with two attached hydrogens (primary N) is 1. The summed E-state index contributed by atoms with van der Waals surface area (Å²) in [5.74, 6) is 1.69. The maximum absolute atomic E-state index is 12.5. The highest BCUT2D eigenvalue weighted by Gasteiger charge is 2.21. The Morgan fingerprint density at radius 3 is 3.04 bits per heavy atom. The molecule has 1 saturated carbocycles. The van der Waals surface area contributed by atoms with Gasteiger partial charge >= 0.3 is 5.69 Å². The first-order chi connectivity index (χ1) is 13.5. The van der Waals surface area contributed by atoms with Crippen LogP contribution in [0.3, 0.4) is 0 Å². The Labute approximate surface area is 167 Å². The van der Waals surface area contributed by atoms with Gasteiger partial charge in [0.05, 0.1) is 19.9 Å². The molecule has 1 aromatic carbocycles. The first kappa shape index (κ1) is 18.8. The fourth-order valence-electron chi connectivity index (χ4n) is 3.75. The minimum absolute atomic E-state index is 0.259. The van der Waals surface area contributed by atoms with E-state index in [0.29, 0.717) is 33.8 Å². The van der Waals surface area contributed by atoms with E-state index >= 15 is 0 Å². The normalized spacial score (nSPS) is 19.2. The monoisotopic (exact) mass is 402 g/mol. The molecule has 9 heteroatoms. The first-order valence-electron chi connectivity index (χ1n) is 9.31. The highest BCUT2D eigenvalue weighted by atomic mass is 35.5. The lowest BCUT2D eigenvalue weighted by atomic mass is 10.1. The van der Waals surface area contributed by atoms with E-state index in [-0.39, 0.29) is 18.3 Å². The molecule has 28 heavy (non-hydrogen) atoms. The van der Waals surface area contributed by atoms with Crippen LogP contribution in [0.1, 0.15) is 24.8 Å². The van der Waals surface area contributed by atoms with E-state index in [2.05, 4.69) is 20.3 Å². The van der Waals surface area contributed by atoms with Crippen molar-refractivity contribution in [3.8, 4) is 5.75 Å². The second-order valence-electron chi connectivity index (χ2n) is 7.22. The van der Waals surface area contributed by atoms with Crippen molar-refractivity contribution < 1.29 is 4.74 Å². The van der Waals surface area contributed by atoms with Crippen molar-refractivity contribution in [3.63, 3.8) is 0 Å². The number of rotatable bonds is 6. The number of aromatic amines is 1. The number of ether oxygens (including phenoxy) is 1. The number of imidazole rings is 1. The number of benzene rings is 1. The Balaban J connectivity index is 1.60. The Morgan fingerprint density at radius 1 is 1.43 bits per heavy atom. The zero-order valence-corrected chi connectivity index (χ0v) is 16.4. The van der Waals surface area contributed by atoms with Crippen LogP contribution in [-0.2, 0) is 6.54 Å². The molecule has 0 aliphatic heterocycles. The number of nitrogens with zero attached hydrogens (tertiary/aromatic N) is 3. The van der Waals surface area contributed by atoms with E-state index in [4.69, 9.17) is 22.1 Å². The van der Waals surface area contributed by atoms with Gasteiger partial charge in [-0.1, -0.05) is 11.6 Å². The standard InChI is InChI=1S/C19H23ClN6O2/c1-28-16-5-3-13(20)7-12(16)10-26-17-15(24-19(26)27)9-23-18(25-17)22-8-11-2-4-14(21)6-11/h3,5,7,9,11,14H,2,4,6,8,10,21H2,1H3,(H,24,27)(H,22,23,25)/t11-,14+/m1/s1. The molecule has 148 valence electrons. The molecule has 0 unspecified atom stereocenters. The number of hydrogen-bond donors (Lipinski definition) is 3. The van der Waals surface area contributed by atoms with Crippen LogP contribution in [0.15, 0.2) is 29.2 Å². The Morgan fingerprint density at radius 2 is 2.29 bits per heavy atom. The van der Waals surface area contributed by atoms with Crippen LogP contribution in [0.25, 0.3) is 11.2 Å². The second kappa shape index (κ2) is 7.81. The lowest BCUT2D eigenvalue weighted by molar-refractivity contribution is 0.408. The van der Waals surface area contributed by atoms with E-state index in [1.54, 1.807) is 36.1 Å². The SMILES string of the molecule is COc1ccc(Cl)cc1Cn1c(=O)[nH]c2cnc(NC[C@@H]3CC[C@H](N)C3)nc21. The number of hydrogen-bond acceptors (Lipinski definition) is 6. The van der Waals surface area contributed by atoms with Crippen molar-refractivity contribution in [2.45, 2.75) is 31.8 Å². The fourth-order valence-corrected chi connectivity index (χ4v) is 3.95. The van der Waals surface area contributed by atoms with Crippen molar-refractivity contribution in [2.24, 2.45) is 11.7 Å². The van der Waals surface area contributed by atoms with E-state index in [1.807, 2.05) is 0 Å². The second-order valence-corrected chi connectivity index (χ2v) is 7.66. The molecule has 0 radical (unpaired) electrons. The minimum atomic E-state index is -0.259. The molecule has 8 nitrogen and oxygen atoms in total. The van der Waals surface area contributed by atoms with Crippen molar-refractivity contribution in [2.75, 3.05) is 19.0 Å². The average Bonchev–Trinajstić information content (AvgIpc) is 3.23. The van der Waals surface area contributed by atoms with Gasteiger partial charge in [0.25, 0.3) is 0 Å². The number of nitrogens with one attached hydrogen (secondary N) is 2. The molecule has 1 fully saturated rings. The molecular weight excluding hydrogens is 380 g/mol. The molecule has 0 saturated heterocycles. The zero-order valence-electron chi connectivity index (χ0n) is 15.6. The van der Waals surface area contributed by atoms with Gasteiger partial charge < -0.3 is 20.8 Å². The number of aromatic nitrogens is 4. The molecule has 0 spiro atoms. The van der Waals surface area contributed by atoms with E-state index < -0.39 is 0 Å². The smallest absolute Gasteiger partial charge is 0.328 e. The lowest BCUT2D eigenvalue weighted by Gasteiger charge is -2.12. The molecule has 2 aromatic heterocycles. The van der Waals surface area contributed by atoms with Crippen LogP contribution in [0.4, 0.5) is 5.95 Å². The zero-order chi connectivity index (χ0) is 19.7. The Kier molecular flexibility index (Phi) is 5.23. The molecule has 2 heterocycles. The van der Waals surface area contributed by atoms with E-state index in [1.165, 1.54) is 0 Å². The topological polar surface area (TPSA) is 111 Å². The highest BCUT2D eigenvalue weighted by molar-refractivity contribution is 6.30. The van der Waals surface area contributed by atoms with Gasteiger partial charge in [0.15, 0.2) is 5.65 Å². The molecule has 0 bridgehead atoms. The summed E-state index contributed by atoms with van der Waals surface area (Å²) in [4.78, 5) is 24.1. The van der Waals surface area contributed by atoms with Crippen LogP contribution < -0.4 is 21.5 Å². The molecule has 0 amide bonds. The van der Waals surface area contributed by atoms with Crippen molar-refractivity contribution >= 4 is 28.7 Å². The maximum Gasteiger partial charge on any atom is 0.328 e. The van der Waals surface area contributed by atoms with Crippen molar-refractivity contribution in [3.05, 3.63) is 45.5 Å². The van der Waals surface area contributed by atoms with Gasteiger partial charge in [-0.05, 0) is 43.4 Å². The summed E-state index contributed by atoms with van der Waals surface area (Å²) in [6.45, 7) is 1.06. The van der Waals surface area contributed by atoms with Gasteiger partial charge in [-0.2, -0.15) is 4.98 Å². The summed E-state index contributed by atoms with van der Waals surface area (Å²) in [6, 6.07) is 5.61. The van der Waals surface area contributed by atoms with Crippen LogP contribution in [-0.4, -0.2) is 39.2 Å². The quantitative estimate of drug-likeness (QED) is 0.583. The van der Waals surface area contributed by atoms with Gasteiger partial charge in [-0.3, -0.25) is 4.57 Å². The molecule has 4 rings (SSSR count). The average molecular weight is 403 g/mol. The van der Waals surface area contributed by atoms with Crippen LogP contribution in [0, 0.1) is 5.92 Å². The summed E-state index contributed by atoms with van der Waals surface area (Å²) >= 11 is 6.12. The van der Waals surface area contributed by atoms with Crippen LogP contribution in [0.2, 0.25) is 5.02 Å². The molecule has 1 aliphatic carbocycles. The largest absolute Gasteiger partial charge is 0.496 e. The third-order valence-electron chi connectivity index (χ3n) is 5.21. The van der Waals surface area contributed by atoms with Gasteiger partial charge in [-0.15, -0.1) is 0 Å². The third-order valence-corrected chi connectivity index (χ3v) is 5.45. The van der Waals surface area contributed by atoms with Gasteiger partial charge in [-0.25, -0.2) is 9.78 Å². The Hall–Kier alpha value is -2.58. The summed E-state index contributed by atoms with van der Waals surface area (Å²) < 4.78 is 6.95. The lowest BCUT2D eigenvalue weighted by Crippen LogP contribution is -2.19. The number of fused-ring (bicyclic) bond motifs is 1. The van der Waals surface area contributed by atoms with E-state index in [9.17, 15) is 4.79 Å². The Bertz CT molecular complexity index is 1050. The summed E-state index contributed by atoms with van der Waals surface area (Å²) in [7, 11) is 1.59. The highest BCUT2D eigenvalue weighted by Crippen LogP contribution is 2.25. The van der Waals surface area contributed by atoms with Crippen LogP contribution >= 0.6 is 11.6 Å². The molecular formula is C19H23ClN6O2. The fraction of sp³-hybridized carbons (Fsp3) is 0.421. The summed E-state index contributed by atoms with van der Waals surface area (Å²) in [6.07, 6.45) is 4.81. The van der Waals surface area contributed by atoms with Crippen molar-refractivity contribution in [1.29, 1.82) is 0 Å². The molecule has 2 atom stereocenters. The summed E-state index contributed by atoms with van der Waals surface area (Å²) in [5, 5.41) is 3.86. The molecule has 1 aliphatic rings. The predicted octanol–water partition coefficient (Wildman–Crippen LogP) is 2.37. The summed E-state index contributed by atoms with van der Waals surface area (Å²) in [5.41, 5.74) is 7.63.